The number of aliphatic hydroxyl groups is 3. The molecule has 0 aromatic heterocycles. The molecule has 0 radical (unpaired) electrons. The van der Waals surface area contributed by atoms with Crippen LogP contribution >= 0.6 is 0 Å². The Hall–Kier alpha value is -4.68. The Balaban J connectivity index is 2.55. The van der Waals surface area contributed by atoms with Crippen molar-refractivity contribution in [1.82, 2.24) is 14.7 Å². The van der Waals surface area contributed by atoms with Gasteiger partial charge < -0.3 is 34.6 Å². The fourth-order valence-electron chi connectivity index (χ4n) is 7.37. The molecule has 0 bridgehead atoms. The summed E-state index contributed by atoms with van der Waals surface area (Å²) >= 11 is 0. The number of ether oxygens (including phenoxy) is 2. The number of hydrogen-bond acceptors (Lipinski definition) is 10. The van der Waals surface area contributed by atoms with Crippen molar-refractivity contribution in [2.24, 2.45) is 17.8 Å². The summed E-state index contributed by atoms with van der Waals surface area (Å²) < 4.78 is 79.6. The van der Waals surface area contributed by atoms with Crippen LogP contribution in [0.2, 0.25) is 0 Å². The normalized spacial score (nSPS) is 15.8. The molecule has 0 aliphatic rings. The van der Waals surface area contributed by atoms with Crippen LogP contribution in [-0.2, 0) is 30.5 Å². The SMILES string of the molecule is CC[C@H](C)[C@@H](C(=O)N(C)[C@H](C(=O)N(C)[C@H](C(=O)CC(O)C(=O)Oc1c(F)c(F)c(F)c(F)c1F)[C@@H](C)CCCC(C)O)[C@@H](C)CCCC(C)O)N(C)C(=O)OCc1ccccc1. The van der Waals surface area contributed by atoms with Crippen molar-refractivity contribution in [3.8, 4) is 5.75 Å². The molecule has 3 N–H and O–H groups in total. The number of rotatable bonds is 24. The van der Waals surface area contributed by atoms with Gasteiger partial charge in [-0.05, 0) is 62.8 Å². The Morgan fingerprint density at radius 3 is 1.52 bits per heavy atom. The van der Waals surface area contributed by atoms with Gasteiger partial charge in [0.2, 0.25) is 46.6 Å². The number of halogens is 5. The Kier molecular flexibility index (Phi) is 21.4. The van der Waals surface area contributed by atoms with Crippen LogP contribution in [0, 0.1) is 46.8 Å². The van der Waals surface area contributed by atoms with E-state index in [1.165, 1.54) is 30.9 Å². The van der Waals surface area contributed by atoms with Gasteiger partial charge in [-0.15, -0.1) is 0 Å². The van der Waals surface area contributed by atoms with E-state index in [0.717, 1.165) is 4.90 Å². The van der Waals surface area contributed by atoms with Crippen LogP contribution in [-0.4, -0.2) is 117 Å². The quantitative estimate of drug-likeness (QED) is 0.0356. The number of likely N-dealkylation sites (N-methyl/N-ethyl adjacent to an activating group) is 3. The largest absolute Gasteiger partial charge is 0.445 e. The summed E-state index contributed by atoms with van der Waals surface area (Å²) in [7, 11) is 4.09. The molecule has 2 rings (SSSR count). The molecule has 18 heteroatoms. The number of carbonyl (C=O) groups excluding carboxylic acids is 5. The van der Waals surface area contributed by atoms with Crippen LogP contribution in [0.1, 0.15) is 98.5 Å². The molecule has 0 spiro atoms. The summed E-state index contributed by atoms with van der Waals surface area (Å²) in [5.74, 6) is -20.3. The number of hydrogen-bond donors (Lipinski definition) is 3. The second-order valence-electron chi connectivity index (χ2n) is 16.3. The van der Waals surface area contributed by atoms with Gasteiger partial charge in [-0.3, -0.25) is 19.3 Å². The lowest BCUT2D eigenvalue weighted by atomic mass is 9.87. The molecule has 0 fully saturated rings. The molecule has 348 valence electrons. The highest BCUT2D eigenvalue weighted by Crippen LogP contribution is 2.31. The predicted molar refractivity (Wildman–Crippen MR) is 218 cm³/mol. The lowest BCUT2D eigenvalue weighted by Gasteiger charge is -2.41. The first-order chi connectivity index (χ1) is 29.0. The third-order valence-corrected chi connectivity index (χ3v) is 11.1. The molecule has 13 nitrogen and oxygen atoms in total. The maximum atomic E-state index is 14.9. The number of Topliss-reactive ketones (excluding diaryl/α,β-unsaturated/α-hetero) is 1. The Bertz CT molecular complexity index is 1790. The van der Waals surface area contributed by atoms with Gasteiger partial charge in [0.05, 0.1) is 18.2 Å². The van der Waals surface area contributed by atoms with Crippen LogP contribution in [0.4, 0.5) is 26.7 Å². The summed E-state index contributed by atoms with van der Waals surface area (Å²) in [5.41, 5.74) is 0.715. The highest BCUT2D eigenvalue weighted by Gasteiger charge is 2.44. The molecule has 0 saturated carbocycles. The molecule has 0 heterocycles. The maximum Gasteiger partial charge on any atom is 0.410 e. The molecule has 62 heavy (non-hydrogen) atoms. The molecule has 0 saturated heterocycles. The highest BCUT2D eigenvalue weighted by molar-refractivity contribution is 5.96. The van der Waals surface area contributed by atoms with E-state index in [9.17, 15) is 61.2 Å². The van der Waals surface area contributed by atoms with E-state index < -0.39 is 125 Å². The summed E-state index contributed by atoms with van der Waals surface area (Å²) in [6.07, 6.45) is -3.36. The summed E-state index contributed by atoms with van der Waals surface area (Å²) in [4.78, 5) is 73.2. The maximum absolute atomic E-state index is 14.9. The zero-order valence-electron chi connectivity index (χ0n) is 36.9. The topological polar surface area (TPSA) is 174 Å². The van der Waals surface area contributed by atoms with Gasteiger partial charge >= 0.3 is 12.1 Å². The zero-order valence-corrected chi connectivity index (χ0v) is 36.9. The van der Waals surface area contributed by atoms with Crippen molar-refractivity contribution < 1.29 is 70.7 Å². The standard InChI is InChI=1S/C44H62F5N3O10/c1-10-24(2)38(52(9)44(60)61-23-29-20-12-11-13-21-29)41(57)51(8)39(26(4)17-15-19-28(6)54)42(58)50(7)37(25(3)16-14-18-27(5)53)30(55)22-31(56)43(59)62-40-35(48)33(46)32(45)34(47)36(40)49/h11-13,20-21,24-28,31,37-39,53-54,56H,10,14-19,22-23H2,1-9H3/t24-,25-,26-,27?,28?,31?,37-,38-,39-/m0/s1. The second-order valence-corrected chi connectivity index (χ2v) is 16.3. The van der Waals surface area contributed by atoms with Gasteiger partial charge in [0.15, 0.2) is 11.9 Å². The van der Waals surface area contributed by atoms with Crippen molar-refractivity contribution in [2.75, 3.05) is 21.1 Å². The summed E-state index contributed by atoms with van der Waals surface area (Å²) in [6, 6.07) is 5.06. The minimum Gasteiger partial charge on any atom is -0.445 e. The number of esters is 1. The van der Waals surface area contributed by atoms with E-state index in [1.54, 1.807) is 65.0 Å². The van der Waals surface area contributed by atoms with Gasteiger partial charge in [0.1, 0.15) is 18.7 Å². The minimum atomic E-state index is -2.51. The lowest BCUT2D eigenvalue weighted by Crippen LogP contribution is -2.60. The monoisotopic (exact) mass is 887 g/mol. The molecule has 3 unspecified atom stereocenters. The van der Waals surface area contributed by atoms with Crippen molar-refractivity contribution in [2.45, 2.75) is 136 Å². The van der Waals surface area contributed by atoms with Crippen LogP contribution in [0.3, 0.4) is 0 Å². The van der Waals surface area contributed by atoms with E-state index in [0.29, 0.717) is 44.1 Å². The van der Waals surface area contributed by atoms with Crippen LogP contribution in [0.5, 0.6) is 5.75 Å². The number of nitrogens with zero attached hydrogens (tertiary/aromatic N) is 3. The fraction of sp³-hybridized carbons (Fsp3) is 0.614. The van der Waals surface area contributed by atoms with Crippen LogP contribution in [0.15, 0.2) is 30.3 Å². The van der Waals surface area contributed by atoms with E-state index in [4.69, 9.17) is 4.74 Å². The van der Waals surface area contributed by atoms with E-state index in [1.807, 2.05) is 6.92 Å². The number of carbonyl (C=O) groups is 5. The lowest BCUT2D eigenvalue weighted by molar-refractivity contribution is -0.154. The van der Waals surface area contributed by atoms with E-state index >= 15 is 0 Å². The smallest absolute Gasteiger partial charge is 0.410 e. The molecule has 9 atom stereocenters. The van der Waals surface area contributed by atoms with Crippen LogP contribution < -0.4 is 4.74 Å². The molecular weight excluding hydrogens is 825 g/mol. The van der Waals surface area contributed by atoms with Gasteiger partial charge in [-0.25, -0.2) is 22.8 Å². The molecule has 0 aliphatic carbocycles. The Labute approximate surface area is 360 Å². The number of ketones is 1. The fourth-order valence-corrected chi connectivity index (χ4v) is 7.37. The van der Waals surface area contributed by atoms with E-state index in [2.05, 4.69) is 4.74 Å². The number of benzene rings is 2. The average Bonchev–Trinajstić information content (AvgIpc) is 3.22. The first kappa shape index (κ1) is 53.5. The summed E-state index contributed by atoms with van der Waals surface area (Å²) in [6.45, 7) is 9.98. The van der Waals surface area contributed by atoms with Gasteiger partial charge in [0, 0.05) is 27.6 Å². The van der Waals surface area contributed by atoms with Crippen molar-refractivity contribution >= 4 is 29.7 Å². The average molecular weight is 888 g/mol. The van der Waals surface area contributed by atoms with Crippen molar-refractivity contribution in [3.63, 3.8) is 0 Å². The van der Waals surface area contributed by atoms with E-state index in [-0.39, 0.29) is 13.0 Å². The van der Waals surface area contributed by atoms with Gasteiger partial charge in [0.25, 0.3) is 0 Å². The highest BCUT2D eigenvalue weighted by atomic mass is 19.2. The molecule has 3 amide bonds. The first-order valence-corrected chi connectivity index (χ1v) is 20.7. The van der Waals surface area contributed by atoms with Gasteiger partial charge in [-0.2, -0.15) is 8.78 Å². The Morgan fingerprint density at radius 1 is 0.613 bits per heavy atom. The first-order valence-electron chi connectivity index (χ1n) is 20.7. The zero-order chi connectivity index (χ0) is 47.2. The Morgan fingerprint density at radius 2 is 1.05 bits per heavy atom. The van der Waals surface area contributed by atoms with Crippen molar-refractivity contribution in [3.05, 3.63) is 65.0 Å². The minimum absolute atomic E-state index is 0.0676. The molecule has 0 aliphatic heterocycles. The second kappa shape index (κ2) is 24.8. The van der Waals surface area contributed by atoms with Crippen molar-refractivity contribution in [1.29, 1.82) is 0 Å². The molecule has 2 aromatic carbocycles. The predicted octanol–water partition coefficient (Wildman–Crippen LogP) is 6.32. The number of amides is 3. The summed E-state index contributed by atoms with van der Waals surface area (Å²) in [5, 5.41) is 30.6. The number of aliphatic hydroxyl groups excluding tert-OH is 3. The van der Waals surface area contributed by atoms with Crippen LogP contribution in [0.25, 0.3) is 0 Å². The van der Waals surface area contributed by atoms with Gasteiger partial charge in [-0.1, -0.05) is 77.3 Å². The third kappa shape index (κ3) is 14.4. The molecular formula is C44H62F5N3O10. The molecule has 2 aromatic rings. The third-order valence-electron chi connectivity index (χ3n) is 11.1.